The summed E-state index contributed by atoms with van der Waals surface area (Å²) in [4.78, 5) is 4.40. The molecule has 1 aromatic heterocycles. The van der Waals surface area contributed by atoms with E-state index in [1.54, 1.807) is 7.11 Å². The maximum absolute atomic E-state index is 5.74. The van der Waals surface area contributed by atoms with Gasteiger partial charge in [0.15, 0.2) is 0 Å². The minimum atomic E-state index is -1.02. The van der Waals surface area contributed by atoms with E-state index in [1.165, 1.54) is 6.04 Å². The Morgan fingerprint density at radius 1 is 1.32 bits per heavy atom. The minimum absolute atomic E-state index is 0.532. The van der Waals surface area contributed by atoms with Crippen molar-refractivity contribution < 1.29 is 9.47 Å². The molecule has 0 unspecified atom stereocenters. The largest absolute Gasteiger partial charge is 0.479 e. The van der Waals surface area contributed by atoms with Crippen LogP contribution in [-0.2, 0) is 18.5 Å². The van der Waals surface area contributed by atoms with Crippen molar-refractivity contribution >= 4 is 20.1 Å². The van der Waals surface area contributed by atoms with Gasteiger partial charge in [-0.25, -0.2) is 9.67 Å². The highest BCUT2D eigenvalue weighted by molar-refractivity contribution is 6.76. The summed E-state index contributed by atoms with van der Waals surface area (Å²) in [7, 11) is 2.59. The summed E-state index contributed by atoms with van der Waals surface area (Å²) in [6, 6.07) is 1.18. The summed E-state index contributed by atoms with van der Waals surface area (Å²) < 4.78 is 15.0. The van der Waals surface area contributed by atoms with Crippen LogP contribution in [0, 0.1) is 0 Å². The first-order chi connectivity index (χ1) is 8.90. The maximum Gasteiger partial charge on any atom is 0.254 e. The summed E-state index contributed by atoms with van der Waals surface area (Å²) in [6.07, 6.45) is 2.80. The number of hydrogen-bond acceptors (Lipinski definition) is 3. The molecule has 0 saturated carbocycles. The molecule has 0 aliphatic heterocycles. The molecular weight excluding hydrogens is 258 g/mol. The molecule has 1 heterocycles. The second-order valence-electron chi connectivity index (χ2n) is 5.82. The van der Waals surface area contributed by atoms with Crippen LogP contribution in [0.3, 0.4) is 0 Å². The number of hydrogen-bond donors (Lipinski definition) is 0. The van der Waals surface area contributed by atoms with E-state index in [9.17, 15) is 0 Å². The van der Waals surface area contributed by atoms with Crippen LogP contribution in [0.15, 0.2) is 4.99 Å². The van der Waals surface area contributed by atoms with Gasteiger partial charge < -0.3 is 9.47 Å². The van der Waals surface area contributed by atoms with Crippen molar-refractivity contribution in [1.82, 2.24) is 9.36 Å². The Balaban J connectivity index is 2.56. The molecule has 0 spiro atoms. The van der Waals surface area contributed by atoms with Gasteiger partial charge in [0.05, 0.1) is 7.11 Å². The first kappa shape index (κ1) is 16.0. The fourth-order valence-corrected chi connectivity index (χ4v) is 2.42. The fraction of sp³-hybridized carbons (Fsp3) is 0.769. The van der Waals surface area contributed by atoms with E-state index in [0.717, 1.165) is 24.7 Å². The fourth-order valence-electron chi connectivity index (χ4n) is 1.66. The van der Waals surface area contributed by atoms with Crippen molar-refractivity contribution in [2.75, 3.05) is 13.7 Å². The molecule has 0 aliphatic rings. The van der Waals surface area contributed by atoms with Gasteiger partial charge >= 0.3 is 0 Å². The number of nitrogens with zero attached hydrogens (tertiary/aromatic N) is 3. The molecule has 110 valence electrons. The molecule has 0 atom stereocenters. The SMILES string of the molecule is CCC=Nc1c(OC)n(C)n1COCC[Si](C)(C)C. The number of aromatic nitrogens is 2. The first-order valence-electron chi connectivity index (χ1n) is 6.80. The van der Waals surface area contributed by atoms with Gasteiger partial charge in [0.25, 0.3) is 5.88 Å². The zero-order valence-corrected chi connectivity index (χ0v) is 14.1. The Labute approximate surface area is 117 Å². The van der Waals surface area contributed by atoms with Gasteiger partial charge in [0.1, 0.15) is 6.73 Å². The molecule has 0 aliphatic carbocycles. The monoisotopic (exact) mass is 285 g/mol. The number of ether oxygens (including phenoxy) is 2. The Kier molecular flexibility index (Phi) is 5.87. The van der Waals surface area contributed by atoms with Crippen molar-refractivity contribution in [2.45, 2.75) is 45.8 Å². The van der Waals surface area contributed by atoms with Crippen LogP contribution >= 0.6 is 0 Å². The van der Waals surface area contributed by atoms with Gasteiger partial charge in [-0.1, -0.05) is 26.6 Å². The lowest BCUT2D eigenvalue weighted by Gasteiger charge is -2.26. The lowest BCUT2D eigenvalue weighted by Crippen LogP contribution is -2.25. The van der Waals surface area contributed by atoms with Gasteiger partial charge in [-0.15, -0.1) is 0 Å². The predicted molar refractivity (Wildman–Crippen MR) is 82.5 cm³/mol. The van der Waals surface area contributed by atoms with E-state index < -0.39 is 8.07 Å². The number of rotatable bonds is 8. The normalized spacial score (nSPS) is 12.5. The molecule has 0 saturated heterocycles. The Hall–Kier alpha value is -1.01. The van der Waals surface area contributed by atoms with Gasteiger partial charge in [0.2, 0.25) is 5.82 Å². The standard InChI is InChI=1S/C13H27N3O2Si/c1-7-8-14-12-13(17-3)15(2)16(12)11-18-9-10-19(4,5)6/h8H,7,9-11H2,1-6H3. The lowest BCUT2D eigenvalue weighted by molar-refractivity contribution is 0.0614. The Morgan fingerprint density at radius 3 is 2.53 bits per heavy atom. The molecule has 0 fully saturated rings. The molecule has 0 N–H and O–H groups in total. The highest BCUT2D eigenvalue weighted by Crippen LogP contribution is 2.31. The van der Waals surface area contributed by atoms with Crippen LogP contribution in [0.1, 0.15) is 13.3 Å². The molecule has 19 heavy (non-hydrogen) atoms. The van der Waals surface area contributed by atoms with Crippen LogP contribution in [0.2, 0.25) is 25.7 Å². The van der Waals surface area contributed by atoms with Crippen LogP contribution < -0.4 is 4.74 Å². The van der Waals surface area contributed by atoms with Crippen LogP contribution in [0.5, 0.6) is 5.88 Å². The molecular formula is C13H27N3O2Si. The Morgan fingerprint density at radius 2 is 2.00 bits per heavy atom. The van der Waals surface area contributed by atoms with Crippen LogP contribution in [0.25, 0.3) is 0 Å². The average molecular weight is 285 g/mol. The highest BCUT2D eigenvalue weighted by Gasteiger charge is 2.19. The smallest absolute Gasteiger partial charge is 0.254 e. The summed E-state index contributed by atoms with van der Waals surface area (Å²) in [5, 5.41) is 0. The summed E-state index contributed by atoms with van der Waals surface area (Å²) in [5.74, 6) is 1.64. The minimum Gasteiger partial charge on any atom is -0.479 e. The van der Waals surface area contributed by atoms with Crippen molar-refractivity contribution in [2.24, 2.45) is 12.0 Å². The van der Waals surface area contributed by atoms with E-state index >= 15 is 0 Å². The zero-order chi connectivity index (χ0) is 14.5. The average Bonchev–Trinajstić information content (AvgIpc) is 2.32. The molecule has 5 nitrogen and oxygen atoms in total. The van der Waals surface area contributed by atoms with Gasteiger partial charge in [-0.05, 0) is 12.5 Å². The quantitative estimate of drug-likeness (QED) is 0.418. The van der Waals surface area contributed by atoms with Crippen LogP contribution in [0.4, 0.5) is 5.82 Å². The Bertz CT molecular complexity index is 416. The second-order valence-corrected chi connectivity index (χ2v) is 11.4. The zero-order valence-electron chi connectivity index (χ0n) is 13.1. The molecule has 6 heteroatoms. The summed E-state index contributed by atoms with van der Waals surface area (Å²) in [6.45, 7) is 10.5. The summed E-state index contributed by atoms with van der Waals surface area (Å²) >= 11 is 0. The third-order valence-electron chi connectivity index (χ3n) is 2.89. The number of methoxy groups -OCH3 is 1. The predicted octanol–water partition coefficient (Wildman–Crippen LogP) is 3.26. The van der Waals surface area contributed by atoms with Crippen molar-refractivity contribution in [3.05, 3.63) is 0 Å². The third kappa shape index (κ3) is 4.54. The first-order valence-corrected chi connectivity index (χ1v) is 10.5. The van der Waals surface area contributed by atoms with Crippen molar-refractivity contribution in [3.8, 4) is 5.88 Å². The molecule has 0 bridgehead atoms. The van der Waals surface area contributed by atoms with E-state index in [0.29, 0.717) is 6.73 Å². The molecule has 0 amide bonds. The van der Waals surface area contributed by atoms with Crippen LogP contribution in [-0.4, -0.2) is 37.4 Å². The molecule has 1 aromatic rings. The van der Waals surface area contributed by atoms with Gasteiger partial charge in [-0.2, -0.15) is 0 Å². The van der Waals surface area contributed by atoms with E-state index in [2.05, 4.69) is 31.6 Å². The molecule has 0 radical (unpaired) electrons. The maximum atomic E-state index is 5.74. The highest BCUT2D eigenvalue weighted by atomic mass is 28.3. The van der Waals surface area contributed by atoms with Crippen molar-refractivity contribution in [1.29, 1.82) is 0 Å². The van der Waals surface area contributed by atoms with Gasteiger partial charge in [-0.3, -0.25) is 4.68 Å². The van der Waals surface area contributed by atoms with Gasteiger partial charge in [0, 0.05) is 27.9 Å². The van der Waals surface area contributed by atoms with E-state index in [1.807, 2.05) is 22.6 Å². The summed E-state index contributed by atoms with van der Waals surface area (Å²) in [5.41, 5.74) is 0. The van der Waals surface area contributed by atoms with E-state index in [-0.39, 0.29) is 0 Å². The topological polar surface area (TPSA) is 40.7 Å². The third-order valence-corrected chi connectivity index (χ3v) is 4.60. The number of aliphatic imine (C=N–C) groups is 1. The van der Waals surface area contributed by atoms with Crippen molar-refractivity contribution in [3.63, 3.8) is 0 Å². The molecule has 1 rings (SSSR count). The second kappa shape index (κ2) is 6.95. The molecule has 0 aromatic carbocycles. The van der Waals surface area contributed by atoms with E-state index in [4.69, 9.17) is 9.47 Å². The lowest BCUT2D eigenvalue weighted by atomic mass is 10.5.